The summed E-state index contributed by atoms with van der Waals surface area (Å²) in [7, 11) is 0. The van der Waals surface area contributed by atoms with Crippen molar-refractivity contribution < 1.29 is 8.83 Å². The number of para-hydroxylation sites is 10. The van der Waals surface area contributed by atoms with Crippen LogP contribution in [0.3, 0.4) is 0 Å². The van der Waals surface area contributed by atoms with Gasteiger partial charge in [0.05, 0.1) is 10.8 Å². The van der Waals surface area contributed by atoms with E-state index in [1.54, 1.807) is 0 Å². The second-order valence-corrected chi connectivity index (χ2v) is 28.2. The van der Waals surface area contributed by atoms with Crippen molar-refractivity contribution >= 4 is 174 Å². The number of aromatic nitrogens is 2. The Balaban J connectivity index is 0.848. The molecular formula is C93H60B2N6O2. The summed E-state index contributed by atoms with van der Waals surface area (Å²) in [6.45, 7) is 0.736. The van der Waals surface area contributed by atoms with Gasteiger partial charge < -0.3 is 37.4 Å². The molecule has 103 heavy (non-hydrogen) atoms. The SMILES string of the molecule is c1ccc(N2Cc3cc4c(cc3CB3c5c(cc(N(c6ccccc6)c6ccccc6)cc52)-c2cc5c6ccccc6oc5c5c6ccccc6n3c25)B2c3c(cc(N(c5ccccc5)c5ccccc5)cc3N(c3ccccc3)C4)-c3cc4c5ccccc5oc4c4c5ccccc5n2c34)cc1. The average molecular weight is 1320 g/mol. The minimum atomic E-state index is -0.290. The zero-order chi connectivity index (χ0) is 67.1. The van der Waals surface area contributed by atoms with E-state index in [0.717, 1.165) is 106 Å². The first kappa shape index (κ1) is 56.7. The van der Waals surface area contributed by atoms with E-state index >= 15 is 0 Å². The molecule has 0 atom stereocenters. The molecule has 19 aromatic rings. The van der Waals surface area contributed by atoms with Crippen LogP contribution < -0.4 is 36.0 Å². The Hall–Kier alpha value is -13.2. The number of furan rings is 2. The van der Waals surface area contributed by atoms with Crippen LogP contribution in [0.5, 0.6) is 0 Å². The molecule has 4 aromatic heterocycles. The van der Waals surface area contributed by atoms with Crippen LogP contribution in [0, 0.1) is 0 Å². The molecule has 0 fully saturated rings. The summed E-state index contributed by atoms with van der Waals surface area (Å²) in [6, 6.07) is 122. The second kappa shape index (κ2) is 21.7. The standard InChI is InChI=1S/C93H60B2N6O2/c1-7-27-61(28-8-1)96-56-59-47-60-57-97(62-29-9-2-10-30-62)83-52-68(99(65-35-15-5-16-36-65)66-37-17-6-18-38-66)50-74-76-54-78-70-40-22-26-46-85(70)103-93(78)87-72-42-20-24-44-81(72)101(91(76)87)95(89(74)83)79(60)48-58(59)55-94-88-73(49-67(51-82(88)96)98(63-31-11-3-12-32-63)64-33-13-4-14-34-64)75-53-77-69-39-21-25-45-84(69)102-92(77)86-71-41-19-23-43-80(71)100(94)90(75)86/h1-54H,55-57H2. The highest BCUT2D eigenvalue weighted by molar-refractivity contribution is 6.89. The zero-order valence-electron chi connectivity index (χ0n) is 56.0. The fourth-order valence-electron chi connectivity index (χ4n) is 18.6. The van der Waals surface area contributed by atoms with E-state index in [0.29, 0.717) is 19.4 Å². The summed E-state index contributed by atoms with van der Waals surface area (Å²) in [5, 5.41) is 9.09. The second-order valence-electron chi connectivity index (χ2n) is 28.2. The number of fused-ring (bicyclic) bond motifs is 21. The molecule has 4 aliphatic rings. The maximum absolute atomic E-state index is 7.20. The molecule has 0 amide bonds. The predicted octanol–water partition coefficient (Wildman–Crippen LogP) is 22.1. The molecule has 0 saturated heterocycles. The molecule has 8 nitrogen and oxygen atoms in total. The predicted molar refractivity (Wildman–Crippen MR) is 430 cm³/mol. The molecule has 0 spiro atoms. The van der Waals surface area contributed by atoms with Crippen molar-refractivity contribution in [2.75, 3.05) is 19.6 Å². The minimum Gasteiger partial charge on any atom is -0.455 e. The summed E-state index contributed by atoms with van der Waals surface area (Å²) in [5.74, 6) is 0. The molecular weight excluding hydrogens is 1250 g/mol. The fourth-order valence-corrected chi connectivity index (χ4v) is 18.6. The first-order valence-corrected chi connectivity index (χ1v) is 35.8. The summed E-state index contributed by atoms with van der Waals surface area (Å²) >= 11 is 0. The van der Waals surface area contributed by atoms with Gasteiger partial charge in [0.25, 0.3) is 0 Å². The molecule has 0 radical (unpaired) electrons. The maximum Gasteiger partial charge on any atom is 0.331 e. The van der Waals surface area contributed by atoms with E-state index in [4.69, 9.17) is 8.83 Å². The van der Waals surface area contributed by atoms with Gasteiger partial charge in [-0.3, -0.25) is 0 Å². The highest BCUT2D eigenvalue weighted by Gasteiger charge is 2.45. The van der Waals surface area contributed by atoms with Crippen molar-refractivity contribution in [2.24, 2.45) is 0 Å². The number of benzene rings is 15. The summed E-state index contributed by atoms with van der Waals surface area (Å²) in [6.07, 6.45) is 0.714. The maximum atomic E-state index is 7.20. The Kier molecular flexibility index (Phi) is 11.9. The summed E-state index contributed by atoms with van der Waals surface area (Å²) in [5.41, 5.74) is 32.0. The van der Waals surface area contributed by atoms with Crippen LogP contribution in [0.4, 0.5) is 56.9 Å². The quantitative estimate of drug-likeness (QED) is 0.141. The third-order valence-corrected chi connectivity index (χ3v) is 22.8. The molecule has 0 saturated carbocycles. The van der Waals surface area contributed by atoms with Gasteiger partial charge in [-0.2, -0.15) is 0 Å². The number of anilines is 10. The number of rotatable bonds is 8. The highest BCUT2D eigenvalue weighted by atomic mass is 16.3. The number of hydrogen-bond acceptors (Lipinski definition) is 6. The Labute approximate surface area is 594 Å². The van der Waals surface area contributed by atoms with Crippen molar-refractivity contribution in [1.82, 2.24) is 8.96 Å². The van der Waals surface area contributed by atoms with Crippen molar-refractivity contribution in [2.45, 2.75) is 19.4 Å². The van der Waals surface area contributed by atoms with Gasteiger partial charge in [0, 0.05) is 135 Å². The normalized spacial score (nSPS) is 13.4. The lowest BCUT2D eigenvalue weighted by Gasteiger charge is -2.39. The Morgan fingerprint density at radius 3 is 1.19 bits per heavy atom. The van der Waals surface area contributed by atoms with E-state index in [1.165, 1.54) is 93.9 Å². The molecule has 15 aromatic carbocycles. The molecule has 23 rings (SSSR count). The van der Waals surface area contributed by atoms with Crippen LogP contribution in [-0.4, -0.2) is 22.7 Å². The molecule has 8 heterocycles. The van der Waals surface area contributed by atoms with Gasteiger partial charge in [0.2, 0.25) is 0 Å². The third kappa shape index (κ3) is 8.14. The third-order valence-electron chi connectivity index (χ3n) is 22.8. The monoisotopic (exact) mass is 1310 g/mol. The molecule has 0 bridgehead atoms. The van der Waals surface area contributed by atoms with E-state index in [2.05, 4.69) is 356 Å². The van der Waals surface area contributed by atoms with Gasteiger partial charge in [0.15, 0.2) is 0 Å². The number of hydrogen-bond donors (Lipinski definition) is 0. The van der Waals surface area contributed by atoms with Crippen LogP contribution in [0.25, 0.3) is 110 Å². The van der Waals surface area contributed by atoms with E-state index in [9.17, 15) is 0 Å². The van der Waals surface area contributed by atoms with Crippen molar-refractivity contribution in [3.63, 3.8) is 0 Å². The Morgan fingerprint density at radius 2 is 0.699 bits per heavy atom. The van der Waals surface area contributed by atoms with Gasteiger partial charge >= 0.3 is 13.7 Å². The lowest BCUT2D eigenvalue weighted by Crippen LogP contribution is -2.53. The molecule has 0 aliphatic carbocycles. The van der Waals surface area contributed by atoms with Crippen LogP contribution in [0.15, 0.2) is 336 Å². The van der Waals surface area contributed by atoms with Crippen molar-refractivity contribution in [3.8, 4) is 22.3 Å². The molecule has 0 unspecified atom stereocenters. The first-order valence-electron chi connectivity index (χ1n) is 35.8. The van der Waals surface area contributed by atoms with E-state index < -0.39 is 0 Å². The topological polar surface area (TPSA) is 49.1 Å². The van der Waals surface area contributed by atoms with Crippen LogP contribution in [0.2, 0.25) is 0 Å². The average Bonchev–Trinajstić information content (AvgIpc) is 1.56. The smallest absolute Gasteiger partial charge is 0.331 e. The zero-order valence-corrected chi connectivity index (χ0v) is 56.0. The largest absolute Gasteiger partial charge is 0.455 e. The van der Waals surface area contributed by atoms with Gasteiger partial charge in [0.1, 0.15) is 22.3 Å². The lowest BCUT2D eigenvalue weighted by atomic mass is 9.44. The summed E-state index contributed by atoms with van der Waals surface area (Å²) in [4.78, 5) is 10.2. The minimum absolute atomic E-state index is 0.187. The van der Waals surface area contributed by atoms with Crippen LogP contribution in [-0.2, 0) is 19.4 Å². The van der Waals surface area contributed by atoms with Gasteiger partial charge in [-0.25, -0.2) is 0 Å². The van der Waals surface area contributed by atoms with Crippen LogP contribution in [0.1, 0.15) is 16.7 Å². The van der Waals surface area contributed by atoms with Crippen molar-refractivity contribution in [1.29, 1.82) is 0 Å². The van der Waals surface area contributed by atoms with Gasteiger partial charge in [-0.05, 0) is 184 Å². The van der Waals surface area contributed by atoms with Crippen molar-refractivity contribution in [3.05, 3.63) is 344 Å². The molecule has 0 N–H and O–H groups in total. The number of nitrogens with zero attached hydrogens (tertiary/aromatic N) is 6. The molecule has 480 valence electrons. The van der Waals surface area contributed by atoms with Gasteiger partial charge in [-0.1, -0.05) is 194 Å². The van der Waals surface area contributed by atoms with Gasteiger partial charge in [-0.15, -0.1) is 0 Å². The fraction of sp³-hybridized carbons (Fsp3) is 0.0323. The first-order chi connectivity index (χ1) is 51.1. The molecule has 4 aliphatic heterocycles. The summed E-state index contributed by atoms with van der Waals surface area (Å²) < 4.78 is 19.8. The lowest BCUT2D eigenvalue weighted by molar-refractivity contribution is 0.672. The van der Waals surface area contributed by atoms with Crippen LogP contribution >= 0.6 is 0 Å². The highest BCUT2D eigenvalue weighted by Crippen LogP contribution is 2.53. The van der Waals surface area contributed by atoms with E-state index in [1.807, 2.05) is 0 Å². The Morgan fingerprint density at radius 1 is 0.301 bits per heavy atom. The van der Waals surface area contributed by atoms with E-state index in [-0.39, 0.29) is 13.7 Å². The molecule has 10 heteroatoms. The Bertz CT molecular complexity index is 6670.